The van der Waals surface area contributed by atoms with Gasteiger partial charge in [-0.25, -0.2) is 0 Å². The summed E-state index contributed by atoms with van der Waals surface area (Å²) >= 11 is 5.41. The van der Waals surface area contributed by atoms with Gasteiger partial charge in [-0.15, -0.1) is 0 Å². The highest BCUT2D eigenvalue weighted by Crippen LogP contribution is 2.19. The van der Waals surface area contributed by atoms with Gasteiger partial charge < -0.3 is 4.74 Å². The Bertz CT molecular complexity index is 678. The fraction of sp³-hybridized carbons (Fsp3) is 0.600. The molecule has 1 heterocycles. The molecular weight excluding hydrogens is 330 g/mol. The number of rotatable bonds is 12. The largest absolute Gasteiger partial charge is 0.497 e. The zero-order valence-electron chi connectivity index (χ0n) is 15.6. The van der Waals surface area contributed by atoms with Crippen molar-refractivity contribution in [3.8, 4) is 11.4 Å². The maximum absolute atomic E-state index is 5.41. The van der Waals surface area contributed by atoms with Crippen molar-refractivity contribution in [1.82, 2.24) is 14.8 Å². The van der Waals surface area contributed by atoms with Crippen LogP contribution in [0.25, 0.3) is 5.69 Å². The predicted octanol–water partition coefficient (Wildman–Crippen LogP) is 6.01. The summed E-state index contributed by atoms with van der Waals surface area (Å²) in [7, 11) is 1.68. The van der Waals surface area contributed by atoms with Crippen LogP contribution in [0.5, 0.6) is 5.75 Å². The van der Waals surface area contributed by atoms with Gasteiger partial charge in [0.1, 0.15) is 11.6 Å². The third kappa shape index (κ3) is 6.31. The van der Waals surface area contributed by atoms with Crippen molar-refractivity contribution in [3.63, 3.8) is 0 Å². The van der Waals surface area contributed by atoms with E-state index in [-0.39, 0.29) is 0 Å². The van der Waals surface area contributed by atoms with Crippen LogP contribution in [0.15, 0.2) is 24.3 Å². The number of aryl methyl sites for hydroxylation is 1. The van der Waals surface area contributed by atoms with Crippen LogP contribution < -0.4 is 4.74 Å². The second kappa shape index (κ2) is 11.1. The van der Waals surface area contributed by atoms with Gasteiger partial charge in [0.25, 0.3) is 0 Å². The maximum Gasteiger partial charge on any atom is 0.199 e. The summed E-state index contributed by atoms with van der Waals surface area (Å²) in [6.07, 6.45) is 12.9. The number of hydrogen-bond donors (Lipinski definition) is 1. The van der Waals surface area contributed by atoms with Crippen LogP contribution in [0, 0.1) is 4.77 Å². The number of H-pyrrole nitrogens is 1. The molecule has 2 aromatic rings. The molecule has 25 heavy (non-hydrogen) atoms. The van der Waals surface area contributed by atoms with E-state index < -0.39 is 0 Å². The first kappa shape index (κ1) is 19.7. The first-order valence-corrected chi connectivity index (χ1v) is 9.97. The Morgan fingerprint density at radius 1 is 1.04 bits per heavy atom. The molecule has 0 atom stereocenters. The van der Waals surface area contributed by atoms with Crippen LogP contribution in [-0.2, 0) is 6.42 Å². The van der Waals surface area contributed by atoms with Gasteiger partial charge in [0.2, 0.25) is 0 Å². The number of unbranched alkanes of at least 4 members (excludes halogenated alkanes) is 8. The number of ether oxygens (including phenoxy) is 1. The van der Waals surface area contributed by atoms with E-state index in [1.165, 1.54) is 51.4 Å². The number of hydrogen-bond acceptors (Lipinski definition) is 3. The molecule has 0 aliphatic heterocycles. The van der Waals surface area contributed by atoms with Gasteiger partial charge in [-0.2, -0.15) is 5.10 Å². The average Bonchev–Trinajstić information content (AvgIpc) is 3.01. The minimum Gasteiger partial charge on any atom is -0.497 e. The molecule has 0 spiro atoms. The second-order valence-corrected chi connectivity index (χ2v) is 6.95. The molecule has 0 radical (unpaired) electrons. The average molecular weight is 362 g/mol. The smallest absolute Gasteiger partial charge is 0.199 e. The van der Waals surface area contributed by atoms with Gasteiger partial charge in [0.15, 0.2) is 4.77 Å². The number of methoxy groups -OCH3 is 1. The summed E-state index contributed by atoms with van der Waals surface area (Å²) in [5, 5.41) is 7.35. The molecular formula is C20H31N3OS. The van der Waals surface area contributed by atoms with Crippen molar-refractivity contribution in [1.29, 1.82) is 0 Å². The molecule has 0 fully saturated rings. The Balaban J connectivity index is 1.80. The van der Waals surface area contributed by atoms with E-state index in [1.807, 2.05) is 28.8 Å². The molecule has 1 aromatic carbocycles. The standard InChI is InChI=1S/C20H31N3OS/c1-3-4-5-6-7-8-9-10-11-15-19-21-22-20(25)23(19)17-13-12-14-18(16-17)24-2/h12-14,16H,3-11,15H2,1-2H3,(H,22,25). The normalized spacial score (nSPS) is 11.0. The minimum absolute atomic E-state index is 0.638. The Morgan fingerprint density at radius 3 is 2.40 bits per heavy atom. The molecule has 5 heteroatoms. The van der Waals surface area contributed by atoms with Gasteiger partial charge in [-0.1, -0.05) is 64.4 Å². The molecule has 0 aliphatic rings. The number of nitrogens with one attached hydrogen (secondary N) is 1. The number of nitrogens with zero attached hydrogens (tertiary/aromatic N) is 2. The number of aromatic nitrogens is 3. The SMILES string of the molecule is CCCCCCCCCCCc1n[nH]c(=S)n1-c1cccc(OC)c1. The van der Waals surface area contributed by atoms with Crippen LogP contribution >= 0.6 is 12.2 Å². The van der Waals surface area contributed by atoms with E-state index in [9.17, 15) is 0 Å². The van der Waals surface area contributed by atoms with Crippen LogP contribution in [-0.4, -0.2) is 21.9 Å². The van der Waals surface area contributed by atoms with Crippen LogP contribution in [0.2, 0.25) is 0 Å². The summed E-state index contributed by atoms with van der Waals surface area (Å²) in [6, 6.07) is 7.94. The van der Waals surface area contributed by atoms with Gasteiger partial charge in [-0.05, 0) is 30.8 Å². The van der Waals surface area contributed by atoms with Crippen LogP contribution in [0.1, 0.15) is 70.5 Å². The van der Waals surface area contributed by atoms with Crippen molar-refractivity contribution in [2.24, 2.45) is 0 Å². The fourth-order valence-corrected chi connectivity index (χ4v) is 3.36. The van der Waals surface area contributed by atoms with Gasteiger partial charge in [0.05, 0.1) is 12.8 Å². The maximum atomic E-state index is 5.41. The second-order valence-electron chi connectivity index (χ2n) is 6.56. The van der Waals surface area contributed by atoms with Crippen molar-refractivity contribution >= 4 is 12.2 Å². The lowest BCUT2D eigenvalue weighted by molar-refractivity contribution is 0.414. The van der Waals surface area contributed by atoms with Gasteiger partial charge >= 0.3 is 0 Å². The zero-order valence-corrected chi connectivity index (χ0v) is 16.4. The van der Waals surface area contributed by atoms with Gasteiger partial charge in [0, 0.05) is 12.5 Å². The van der Waals surface area contributed by atoms with Crippen molar-refractivity contribution in [3.05, 3.63) is 34.9 Å². The molecule has 2 rings (SSSR count). The summed E-state index contributed by atoms with van der Waals surface area (Å²) in [5.74, 6) is 1.83. The summed E-state index contributed by atoms with van der Waals surface area (Å²) in [5.41, 5.74) is 1.00. The molecule has 0 aliphatic carbocycles. The zero-order chi connectivity index (χ0) is 17.9. The molecule has 4 nitrogen and oxygen atoms in total. The third-order valence-corrected chi connectivity index (χ3v) is 4.83. The van der Waals surface area contributed by atoms with Crippen LogP contribution in [0.4, 0.5) is 0 Å². The molecule has 0 bridgehead atoms. The van der Waals surface area contributed by atoms with Gasteiger partial charge in [-0.3, -0.25) is 9.67 Å². The van der Waals surface area contributed by atoms with Crippen LogP contribution in [0.3, 0.4) is 0 Å². The fourth-order valence-electron chi connectivity index (χ4n) is 3.11. The highest BCUT2D eigenvalue weighted by atomic mass is 32.1. The van der Waals surface area contributed by atoms with E-state index in [0.29, 0.717) is 4.77 Å². The summed E-state index contributed by atoms with van der Waals surface area (Å²) < 4.78 is 7.97. The topological polar surface area (TPSA) is 42.8 Å². The highest BCUT2D eigenvalue weighted by molar-refractivity contribution is 7.71. The van der Waals surface area contributed by atoms with Crippen molar-refractivity contribution in [2.45, 2.75) is 71.1 Å². The molecule has 1 aromatic heterocycles. The Labute approximate surface area is 156 Å². The molecule has 0 amide bonds. The lowest BCUT2D eigenvalue weighted by Gasteiger charge is -2.08. The Hall–Kier alpha value is -1.62. The molecule has 1 N–H and O–H groups in total. The van der Waals surface area contributed by atoms with E-state index in [4.69, 9.17) is 17.0 Å². The third-order valence-electron chi connectivity index (χ3n) is 4.56. The Morgan fingerprint density at radius 2 is 1.72 bits per heavy atom. The number of benzene rings is 1. The van der Waals surface area contributed by atoms with E-state index in [1.54, 1.807) is 7.11 Å². The molecule has 138 valence electrons. The summed E-state index contributed by atoms with van der Waals surface area (Å²) in [4.78, 5) is 0. The molecule has 0 saturated carbocycles. The lowest BCUT2D eigenvalue weighted by Crippen LogP contribution is -2.02. The lowest BCUT2D eigenvalue weighted by atomic mass is 10.1. The first-order chi connectivity index (χ1) is 12.3. The first-order valence-electron chi connectivity index (χ1n) is 9.57. The predicted molar refractivity (Wildman–Crippen MR) is 106 cm³/mol. The van der Waals surface area contributed by atoms with E-state index in [0.717, 1.165) is 30.1 Å². The molecule has 0 saturated heterocycles. The van der Waals surface area contributed by atoms with Crippen molar-refractivity contribution in [2.75, 3.05) is 7.11 Å². The quantitative estimate of drug-likeness (QED) is 0.372. The van der Waals surface area contributed by atoms with E-state index in [2.05, 4.69) is 17.1 Å². The summed E-state index contributed by atoms with van der Waals surface area (Å²) in [6.45, 7) is 2.26. The Kier molecular flexibility index (Phi) is 8.73. The molecule has 0 unspecified atom stereocenters. The monoisotopic (exact) mass is 361 g/mol. The minimum atomic E-state index is 0.638. The van der Waals surface area contributed by atoms with E-state index >= 15 is 0 Å². The number of aromatic amines is 1. The van der Waals surface area contributed by atoms with Crippen molar-refractivity contribution < 1.29 is 4.74 Å². The highest BCUT2D eigenvalue weighted by Gasteiger charge is 2.09.